The van der Waals surface area contributed by atoms with Crippen LogP contribution in [-0.4, -0.2) is 39.2 Å². The Morgan fingerprint density at radius 1 is 1.53 bits per heavy atom. The number of imidazole rings is 1. The van der Waals surface area contributed by atoms with Crippen LogP contribution in [0, 0.1) is 4.77 Å². The summed E-state index contributed by atoms with van der Waals surface area (Å²) >= 11 is 5.21. The van der Waals surface area contributed by atoms with Gasteiger partial charge in [0.15, 0.2) is 10.4 Å². The molecule has 0 aromatic carbocycles. The number of aromatic nitrogens is 4. The fourth-order valence-electron chi connectivity index (χ4n) is 1.74. The number of carbonyl (C=O) groups excluding carboxylic acids is 1. The third-order valence-electron chi connectivity index (χ3n) is 2.56. The van der Waals surface area contributed by atoms with E-state index in [1.165, 1.54) is 13.4 Å². The van der Waals surface area contributed by atoms with Crippen molar-refractivity contribution in [3.8, 4) is 5.88 Å². The molecule has 8 heteroatoms. The third kappa shape index (κ3) is 2.73. The Morgan fingerprint density at radius 2 is 2.32 bits per heavy atom. The molecule has 0 aliphatic heterocycles. The van der Waals surface area contributed by atoms with Gasteiger partial charge in [0.05, 0.1) is 20.1 Å². The van der Waals surface area contributed by atoms with Gasteiger partial charge in [-0.15, -0.1) is 0 Å². The highest BCUT2D eigenvalue weighted by Crippen LogP contribution is 2.20. The molecule has 1 N–H and O–H groups in total. The van der Waals surface area contributed by atoms with Crippen LogP contribution in [0.3, 0.4) is 0 Å². The van der Waals surface area contributed by atoms with Crippen LogP contribution in [0.4, 0.5) is 0 Å². The summed E-state index contributed by atoms with van der Waals surface area (Å²) in [5.74, 6) is 0.158. The molecule has 2 aromatic heterocycles. The van der Waals surface area contributed by atoms with Gasteiger partial charge in [-0.3, -0.25) is 4.79 Å². The molecule has 2 aromatic rings. The molecule has 2 heterocycles. The summed E-state index contributed by atoms with van der Waals surface area (Å²) in [5.41, 5.74) is 1.24. The number of nitrogens with one attached hydrogen (secondary N) is 1. The minimum Gasteiger partial charge on any atom is -0.479 e. The Hall–Kier alpha value is -1.96. The standard InChI is InChI=1S/C11H14N4O3S/c1-3-18-7(16)4-5-15-9-8(14-11(15)19)10(17-2)13-6-12-9/h6H,3-5H2,1-2H3,(H,14,19). The summed E-state index contributed by atoms with van der Waals surface area (Å²) in [4.78, 5) is 22.5. The molecule has 0 atom stereocenters. The third-order valence-corrected chi connectivity index (χ3v) is 2.89. The SMILES string of the molecule is CCOC(=O)CCn1c(=S)[nH]c2c(OC)ncnc21. The molecule has 0 amide bonds. The van der Waals surface area contributed by atoms with Crippen molar-refractivity contribution in [3.63, 3.8) is 0 Å². The van der Waals surface area contributed by atoms with Crippen LogP contribution in [0.25, 0.3) is 11.2 Å². The van der Waals surface area contributed by atoms with Gasteiger partial charge >= 0.3 is 5.97 Å². The minimum absolute atomic E-state index is 0.238. The first kappa shape index (κ1) is 13.5. The summed E-state index contributed by atoms with van der Waals surface area (Å²) in [6, 6.07) is 0. The molecular weight excluding hydrogens is 268 g/mol. The molecule has 2 rings (SSSR count). The molecule has 0 unspecified atom stereocenters. The first-order valence-corrected chi connectivity index (χ1v) is 6.21. The van der Waals surface area contributed by atoms with Crippen LogP contribution < -0.4 is 4.74 Å². The fraction of sp³-hybridized carbons (Fsp3) is 0.455. The highest BCUT2D eigenvalue weighted by atomic mass is 32.1. The second-order valence-corrected chi connectivity index (χ2v) is 4.11. The lowest BCUT2D eigenvalue weighted by atomic mass is 10.4. The van der Waals surface area contributed by atoms with E-state index in [4.69, 9.17) is 21.7 Å². The highest BCUT2D eigenvalue weighted by molar-refractivity contribution is 7.71. The molecular formula is C11H14N4O3S. The van der Waals surface area contributed by atoms with E-state index in [2.05, 4.69) is 15.0 Å². The van der Waals surface area contributed by atoms with E-state index in [1.807, 2.05) is 0 Å². The van der Waals surface area contributed by atoms with Crippen molar-refractivity contribution in [1.29, 1.82) is 0 Å². The molecule has 0 aliphatic carbocycles. The first-order valence-electron chi connectivity index (χ1n) is 5.80. The number of methoxy groups -OCH3 is 1. The Bertz CT molecular complexity index is 649. The predicted molar refractivity (Wildman–Crippen MR) is 70.5 cm³/mol. The van der Waals surface area contributed by atoms with Crippen LogP contribution in [0.5, 0.6) is 5.88 Å². The number of aromatic amines is 1. The average molecular weight is 282 g/mol. The smallest absolute Gasteiger partial charge is 0.307 e. The van der Waals surface area contributed by atoms with E-state index < -0.39 is 0 Å². The zero-order valence-corrected chi connectivity index (χ0v) is 11.5. The number of esters is 1. The maximum Gasteiger partial charge on any atom is 0.307 e. The lowest BCUT2D eigenvalue weighted by Gasteiger charge is -2.04. The maximum absolute atomic E-state index is 11.4. The van der Waals surface area contributed by atoms with E-state index >= 15 is 0 Å². The van der Waals surface area contributed by atoms with E-state index in [0.717, 1.165) is 0 Å². The maximum atomic E-state index is 11.4. The molecule has 0 fully saturated rings. The largest absolute Gasteiger partial charge is 0.479 e. The van der Waals surface area contributed by atoms with E-state index in [-0.39, 0.29) is 12.4 Å². The molecule has 19 heavy (non-hydrogen) atoms. The normalized spacial score (nSPS) is 10.6. The number of aryl methyl sites for hydroxylation is 1. The number of hydrogen-bond donors (Lipinski definition) is 1. The molecule has 0 spiro atoms. The minimum atomic E-state index is -0.264. The number of hydrogen-bond acceptors (Lipinski definition) is 6. The summed E-state index contributed by atoms with van der Waals surface area (Å²) in [6.07, 6.45) is 1.63. The van der Waals surface area contributed by atoms with Gasteiger partial charge in [-0.25, -0.2) is 4.98 Å². The summed E-state index contributed by atoms with van der Waals surface area (Å²) < 4.78 is 12.2. The summed E-state index contributed by atoms with van der Waals surface area (Å²) in [5, 5.41) is 0. The van der Waals surface area contributed by atoms with Crippen LogP contribution in [0.15, 0.2) is 6.33 Å². The van der Waals surface area contributed by atoms with Gasteiger partial charge < -0.3 is 19.0 Å². The van der Waals surface area contributed by atoms with Crippen LogP contribution in [-0.2, 0) is 16.1 Å². The van der Waals surface area contributed by atoms with E-state index in [9.17, 15) is 4.79 Å². The number of fused-ring (bicyclic) bond motifs is 1. The number of H-pyrrole nitrogens is 1. The lowest BCUT2D eigenvalue weighted by Crippen LogP contribution is -2.09. The fourth-order valence-corrected chi connectivity index (χ4v) is 2.02. The van der Waals surface area contributed by atoms with Gasteiger partial charge in [0.2, 0.25) is 5.88 Å². The van der Waals surface area contributed by atoms with Crippen LogP contribution >= 0.6 is 12.2 Å². The molecule has 0 aliphatic rings. The van der Waals surface area contributed by atoms with Crippen molar-refractivity contribution in [3.05, 3.63) is 11.1 Å². The topological polar surface area (TPSA) is 82.0 Å². The molecule has 0 saturated carbocycles. The Balaban J connectivity index is 2.31. The number of carbonyl (C=O) groups is 1. The molecule has 7 nitrogen and oxygen atoms in total. The Morgan fingerprint density at radius 3 is 3.00 bits per heavy atom. The van der Waals surface area contributed by atoms with Gasteiger partial charge in [0, 0.05) is 6.54 Å². The number of ether oxygens (including phenoxy) is 2. The van der Waals surface area contributed by atoms with Gasteiger partial charge in [-0.1, -0.05) is 0 Å². The quantitative estimate of drug-likeness (QED) is 0.660. The van der Waals surface area contributed by atoms with Crippen LogP contribution in [0.2, 0.25) is 0 Å². The molecule has 0 bridgehead atoms. The van der Waals surface area contributed by atoms with E-state index in [1.54, 1.807) is 11.5 Å². The zero-order valence-electron chi connectivity index (χ0n) is 10.7. The highest BCUT2D eigenvalue weighted by Gasteiger charge is 2.12. The predicted octanol–water partition coefficient (Wildman–Crippen LogP) is 1.45. The van der Waals surface area contributed by atoms with Crippen molar-refractivity contribution < 1.29 is 14.3 Å². The van der Waals surface area contributed by atoms with Crippen molar-refractivity contribution in [2.24, 2.45) is 0 Å². The van der Waals surface area contributed by atoms with Crippen molar-refractivity contribution in [2.75, 3.05) is 13.7 Å². The monoisotopic (exact) mass is 282 g/mol. The molecule has 102 valence electrons. The van der Waals surface area contributed by atoms with Gasteiger partial charge in [-0.2, -0.15) is 4.98 Å². The second kappa shape index (κ2) is 5.79. The van der Waals surface area contributed by atoms with Crippen molar-refractivity contribution in [1.82, 2.24) is 19.5 Å². The van der Waals surface area contributed by atoms with Gasteiger partial charge in [0.1, 0.15) is 11.8 Å². The molecule has 0 radical (unpaired) electrons. The van der Waals surface area contributed by atoms with Crippen molar-refractivity contribution >= 4 is 29.4 Å². The van der Waals surface area contributed by atoms with Gasteiger partial charge in [-0.05, 0) is 19.1 Å². The van der Waals surface area contributed by atoms with Crippen molar-refractivity contribution in [2.45, 2.75) is 19.9 Å². The number of nitrogens with zero attached hydrogens (tertiary/aromatic N) is 3. The van der Waals surface area contributed by atoms with Crippen LogP contribution in [0.1, 0.15) is 13.3 Å². The summed E-state index contributed by atoms with van der Waals surface area (Å²) in [7, 11) is 1.52. The Kier molecular flexibility index (Phi) is 4.10. The van der Waals surface area contributed by atoms with Gasteiger partial charge in [0.25, 0.3) is 0 Å². The summed E-state index contributed by atoms with van der Waals surface area (Å²) in [6.45, 7) is 2.54. The average Bonchev–Trinajstić information content (AvgIpc) is 2.72. The Labute approximate surface area is 114 Å². The van der Waals surface area contributed by atoms with E-state index in [0.29, 0.717) is 35.0 Å². The zero-order chi connectivity index (χ0) is 13.8. The number of rotatable bonds is 5. The molecule has 0 saturated heterocycles. The second-order valence-electron chi connectivity index (χ2n) is 3.72. The first-order chi connectivity index (χ1) is 9.17. The lowest BCUT2D eigenvalue weighted by molar-refractivity contribution is -0.143.